The highest BCUT2D eigenvalue weighted by Crippen LogP contribution is 2.13. The molecule has 1 N–H and O–H groups in total. The summed E-state index contributed by atoms with van der Waals surface area (Å²) >= 11 is 0. The average Bonchev–Trinajstić information content (AvgIpc) is 2.83. The van der Waals surface area contributed by atoms with Gasteiger partial charge in [0.15, 0.2) is 0 Å². The van der Waals surface area contributed by atoms with E-state index in [0.717, 1.165) is 0 Å². The van der Waals surface area contributed by atoms with Crippen molar-refractivity contribution in [3.63, 3.8) is 0 Å². The number of carbonyl (C=O) groups excluding carboxylic acids is 1. The van der Waals surface area contributed by atoms with Crippen LogP contribution in [0.4, 0.5) is 4.39 Å². The Morgan fingerprint density at radius 2 is 2.16 bits per heavy atom. The first-order valence-electron chi connectivity index (χ1n) is 6.49. The van der Waals surface area contributed by atoms with Gasteiger partial charge in [-0.2, -0.15) is 0 Å². The minimum absolute atomic E-state index is 0.0549. The van der Waals surface area contributed by atoms with E-state index in [-0.39, 0.29) is 17.8 Å². The number of carbonyl (C=O) groups is 1. The van der Waals surface area contributed by atoms with E-state index in [1.165, 1.54) is 12.1 Å². The maximum atomic E-state index is 12.7. The molecule has 0 bridgehead atoms. The van der Waals surface area contributed by atoms with E-state index in [9.17, 15) is 14.3 Å². The molecule has 19 heavy (non-hydrogen) atoms. The van der Waals surface area contributed by atoms with Crippen LogP contribution in [0.2, 0.25) is 0 Å². The number of likely N-dealkylation sites (tertiary alicyclic amines) is 1. The summed E-state index contributed by atoms with van der Waals surface area (Å²) in [5.74, 6) is 0.361. The highest BCUT2D eigenvalue weighted by atomic mass is 19.1. The number of benzene rings is 1. The number of amides is 1. The Morgan fingerprint density at radius 3 is 2.79 bits per heavy atom. The molecule has 1 amide bonds. The Morgan fingerprint density at radius 1 is 1.42 bits per heavy atom. The van der Waals surface area contributed by atoms with Crippen LogP contribution in [-0.4, -0.2) is 41.7 Å². The van der Waals surface area contributed by atoms with Gasteiger partial charge in [0.05, 0.1) is 12.7 Å². The van der Waals surface area contributed by atoms with Crippen LogP contribution < -0.4 is 4.74 Å². The smallest absolute Gasteiger partial charge is 0.222 e. The fourth-order valence-corrected chi connectivity index (χ4v) is 2.07. The molecule has 0 spiro atoms. The average molecular weight is 267 g/mol. The SMILES string of the molecule is O=C(CCCOc1ccc(F)cc1)N1CC[C@H](O)C1. The first-order valence-corrected chi connectivity index (χ1v) is 6.49. The highest BCUT2D eigenvalue weighted by molar-refractivity contribution is 5.76. The number of halogens is 1. The molecular weight excluding hydrogens is 249 g/mol. The lowest BCUT2D eigenvalue weighted by molar-refractivity contribution is -0.130. The van der Waals surface area contributed by atoms with Gasteiger partial charge in [0.2, 0.25) is 5.91 Å². The number of ether oxygens (including phenoxy) is 1. The van der Waals surface area contributed by atoms with E-state index in [1.807, 2.05) is 0 Å². The Labute approximate surface area is 111 Å². The standard InChI is InChI=1S/C14H18FNO3/c15-11-3-5-13(6-4-11)19-9-1-2-14(18)16-8-7-12(17)10-16/h3-6,12,17H,1-2,7-10H2/t12-/m0/s1. The molecule has 4 nitrogen and oxygen atoms in total. The van der Waals surface area contributed by atoms with Gasteiger partial charge in [-0.1, -0.05) is 0 Å². The van der Waals surface area contributed by atoms with Gasteiger partial charge in [-0.05, 0) is 37.1 Å². The summed E-state index contributed by atoms with van der Waals surface area (Å²) in [6.07, 6.45) is 1.31. The second kappa shape index (κ2) is 6.52. The van der Waals surface area contributed by atoms with E-state index in [0.29, 0.717) is 44.7 Å². The molecule has 0 radical (unpaired) electrons. The molecule has 0 saturated carbocycles. The Bertz CT molecular complexity index is 421. The molecule has 0 aliphatic carbocycles. The van der Waals surface area contributed by atoms with Gasteiger partial charge in [-0.25, -0.2) is 4.39 Å². The van der Waals surface area contributed by atoms with Gasteiger partial charge in [-0.3, -0.25) is 4.79 Å². The Hall–Kier alpha value is -1.62. The molecular formula is C14H18FNO3. The topological polar surface area (TPSA) is 49.8 Å². The lowest BCUT2D eigenvalue weighted by Crippen LogP contribution is -2.29. The summed E-state index contributed by atoms with van der Waals surface area (Å²) in [6, 6.07) is 5.81. The molecule has 1 fully saturated rings. The first kappa shape index (κ1) is 13.8. The molecule has 1 aliphatic rings. The van der Waals surface area contributed by atoms with Gasteiger partial charge < -0.3 is 14.7 Å². The van der Waals surface area contributed by atoms with Crippen molar-refractivity contribution in [1.29, 1.82) is 0 Å². The van der Waals surface area contributed by atoms with Crippen LogP contribution in [0.3, 0.4) is 0 Å². The molecule has 1 aromatic carbocycles. The largest absolute Gasteiger partial charge is 0.494 e. The second-order valence-electron chi connectivity index (χ2n) is 4.69. The molecule has 5 heteroatoms. The van der Waals surface area contributed by atoms with E-state index < -0.39 is 0 Å². The third-order valence-corrected chi connectivity index (χ3v) is 3.13. The molecule has 1 atom stereocenters. The van der Waals surface area contributed by atoms with Crippen molar-refractivity contribution in [3.05, 3.63) is 30.1 Å². The predicted molar refractivity (Wildman–Crippen MR) is 68.3 cm³/mol. The molecule has 0 aromatic heterocycles. The molecule has 1 heterocycles. The molecule has 1 saturated heterocycles. The number of nitrogens with zero attached hydrogens (tertiary/aromatic N) is 1. The molecule has 104 valence electrons. The third kappa shape index (κ3) is 4.21. The van der Waals surface area contributed by atoms with Crippen molar-refractivity contribution < 1.29 is 19.0 Å². The number of hydrogen-bond donors (Lipinski definition) is 1. The Balaban J connectivity index is 1.64. The minimum Gasteiger partial charge on any atom is -0.494 e. The van der Waals surface area contributed by atoms with Crippen LogP contribution in [0.5, 0.6) is 5.75 Å². The normalized spacial score (nSPS) is 18.6. The maximum absolute atomic E-state index is 12.7. The van der Waals surface area contributed by atoms with Gasteiger partial charge in [0.25, 0.3) is 0 Å². The molecule has 0 unspecified atom stereocenters. The van der Waals surface area contributed by atoms with E-state index in [4.69, 9.17) is 4.74 Å². The van der Waals surface area contributed by atoms with Crippen molar-refractivity contribution in [2.24, 2.45) is 0 Å². The quantitative estimate of drug-likeness (QED) is 0.824. The third-order valence-electron chi connectivity index (χ3n) is 3.13. The molecule has 1 aliphatic heterocycles. The second-order valence-corrected chi connectivity index (χ2v) is 4.69. The first-order chi connectivity index (χ1) is 9.15. The zero-order valence-corrected chi connectivity index (χ0v) is 10.7. The van der Waals surface area contributed by atoms with Crippen molar-refractivity contribution >= 4 is 5.91 Å². The fraction of sp³-hybridized carbons (Fsp3) is 0.500. The van der Waals surface area contributed by atoms with Crippen LogP contribution in [0, 0.1) is 5.82 Å². The predicted octanol–water partition coefficient (Wildman–Crippen LogP) is 1.58. The van der Waals surface area contributed by atoms with Crippen LogP contribution >= 0.6 is 0 Å². The number of aliphatic hydroxyl groups excluding tert-OH is 1. The van der Waals surface area contributed by atoms with E-state index in [2.05, 4.69) is 0 Å². The van der Waals surface area contributed by atoms with Crippen LogP contribution in [0.25, 0.3) is 0 Å². The van der Waals surface area contributed by atoms with Crippen molar-refractivity contribution in [1.82, 2.24) is 4.90 Å². The summed E-state index contributed by atoms with van der Waals surface area (Å²) < 4.78 is 18.1. The van der Waals surface area contributed by atoms with Gasteiger partial charge in [0, 0.05) is 19.5 Å². The zero-order chi connectivity index (χ0) is 13.7. The summed E-state index contributed by atoms with van der Waals surface area (Å²) in [6.45, 7) is 1.50. The lowest BCUT2D eigenvalue weighted by atomic mass is 10.3. The fourth-order valence-electron chi connectivity index (χ4n) is 2.07. The maximum Gasteiger partial charge on any atom is 0.222 e. The van der Waals surface area contributed by atoms with Crippen LogP contribution in [0.1, 0.15) is 19.3 Å². The number of hydrogen-bond acceptors (Lipinski definition) is 3. The summed E-state index contributed by atoms with van der Waals surface area (Å²) in [4.78, 5) is 13.4. The van der Waals surface area contributed by atoms with Gasteiger partial charge in [0.1, 0.15) is 11.6 Å². The number of β-amino-alcohol motifs (C(OH)–C–C–N with tert-alkyl or cyclic N) is 1. The Kier molecular flexibility index (Phi) is 4.74. The van der Waals surface area contributed by atoms with Crippen molar-refractivity contribution in [3.8, 4) is 5.75 Å². The summed E-state index contributed by atoms with van der Waals surface area (Å²) in [5.41, 5.74) is 0. The van der Waals surface area contributed by atoms with Gasteiger partial charge in [-0.15, -0.1) is 0 Å². The van der Waals surface area contributed by atoms with Crippen LogP contribution in [0.15, 0.2) is 24.3 Å². The monoisotopic (exact) mass is 267 g/mol. The number of rotatable bonds is 5. The van der Waals surface area contributed by atoms with Crippen molar-refractivity contribution in [2.75, 3.05) is 19.7 Å². The van der Waals surface area contributed by atoms with Crippen LogP contribution in [-0.2, 0) is 4.79 Å². The van der Waals surface area contributed by atoms with E-state index >= 15 is 0 Å². The van der Waals surface area contributed by atoms with Crippen molar-refractivity contribution in [2.45, 2.75) is 25.4 Å². The summed E-state index contributed by atoms with van der Waals surface area (Å²) in [7, 11) is 0. The van der Waals surface area contributed by atoms with E-state index in [1.54, 1.807) is 17.0 Å². The number of aliphatic hydroxyl groups is 1. The zero-order valence-electron chi connectivity index (χ0n) is 10.7. The summed E-state index contributed by atoms with van der Waals surface area (Å²) in [5, 5.41) is 9.34. The molecule has 2 rings (SSSR count). The minimum atomic E-state index is -0.376. The van der Waals surface area contributed by atoms with Gasteiger partial charge >= 0.3 is 0 Å². The molecule has 1 aromatic rings. The highest BCUT2D eigenvalue weighted by Gasteiger charge is 2.23. The lowest BCUT2D eigenvalue weighted by Gasteiger charge is -2.15.